The Morgan fingerprint density at radius 2 is 1.68 bits per heavy atom. The van der Waals surface area contributed by atoms with Crippen LogP contribution >= 0.6 is 11.3 Å². The van der Waals surface area contributed by atoms with Gasteiger partial charge in [0.1, 0.15) is 0 Å². The number of aliphatic carboxylic acids is 1. The fourth-order valence-electron chi connectivity index (χ4n) is 5.19. The summed E-state index contributed by atoms with van der Waals surface area (Å²) in [5.74, 6) is -0.787. The Kier molecular flexibility index (Phi) is 5.93. The van der Waals surface area contributed by atoms with E-state index in [1.54, 1.807) is 11.3 Å². The molecule has 1 saturated heterocycles. The van der Waals surface area contributed by atoms with Crippen LogP contribution in [0.25, 0.3) is 21.7 Å². The van der Waals surface area contributed by atoms with Crippen LogP contribution in [0.5, 0.6) is 0 Å². The summed E-state index contributed by atoms with van der Waals surface area (Å²) in [5, 5.41) is 20.2. The molecular weight excluding hydrogens is 448 g/mol. The van der Waals surface area contributed by atoms with E-state index in [9.17, 15) is 9.90 Å². The van der Waals surface area contributed by atoms with Crippen molar-refractivity contribution >= 4 is 22.4 Å². The number of carbonyl (C=O) groups is 1. The molecular formula is C26H30N4O3S. The van der Waals surface area contributed by atoms with Crippen molar-refractivity contribution in [1.29, 1.82) is 0 Å². The zero-order valence-electron chi connectivity index (χ0n) is 19.3. The third-order valence-electron chi connectivity index (χ3n) is 6.78. The lowest BCUT2D eigenvalue weighted by atomic mass is 9.63. The number of anilines is 1. The number of hydrogen-bond donors (Lipinski definition) is 3. The van der Waals surface area contributed by atoms with Crippen LogP contribution in [-0.2, 0) is 10.3 Å². The molecule has 2 heterocycles. The van der Waals surface area contributed by atoms with Gasteiger partial charge in [-0.3, -0.25) is 9.69 Å². The number of piperazine rings is 1. The van der Waals surface area contributed by atoms with Crippen LogP contribution in [0.15, 0.2) is 54.6 Å². The van der Waals surface area contributed by atoms with Crippen molar-refractivity contribution in [2.75, 3.05) is 37.6 Å². The van der Waals surface area contributed by atoms with Gasteiger partial charge < -0.3 is 20.8 Å². The monoisotopic (exact) mass is 478 g/mol. The van der Waals surface area contributed by atoms with Crippen molar-refractivity contribution in [3.8, 4) is 21.7 Å². The van der Waals surface area contributed by atoms with E-state index in [0.717, 1.165) is 45.5 Å². The topological polar surface area (TPSA) is 103 Å². The maximum absolute atomic E-state index is 11.0. The molecule has 3 aromatic rings. The summed E-state index contributed by atoms with van der Waals surface area (Å²) < 4.78 is 0. The third kappa shape index (κ3) is 4.59. The molecule has 34 heavy (non-hydrogen) atoms. The lowest BCUT2D eigenvalue weighted by Crippen LogP contribution is -2.58. The fraction of sp³-hybridized carbons (Fsp3) is 0.385. The van der Waals surface area contributed by atoms with Gasteiger partial charge in [-0.05, 0) is 30.9 Å². The number of nitrogens with two attached hydrogens (primary N) is 1. The number of carboxylic acids is 1. The summed E-state index contributed by atoms with van der Waals surface area (Å²) in [6, 6.07) is 18.6. The average molecular weight is 479 g/mol. The molecule has 4 N–H and O–H groups in total. The van der Waals surface area contributed by atoms with Crippen LogP contribution < -0.4 is 10.6 Å². The van der Waals surface area contributed by atoms with E-state index >= 15 is 0 Å². The van der Waals surface area contributed by atoms with E-state index in [-0.39, 0.29) is 6.54 Å². The number of benzene rings is 2. The number of aliphatic hydroxyl groups is 1. The highest BCUT2D eigenvalue weighted by molar-refractivity contribution is 7.19. The molecule has 5 rings (SSSR count). The van der Waals surface area contributed by atoms with Gasteiger partial charge in [0.25, 0.3) is 0 Å². The summed E-state index contributed by atoms with van der Waals surface area (Å²) in [5.41, 5.74) is 9.50. The third-order valence-corrected chi connectivity index (χ3v) is 7.94. The Morgan fingerprint density at radius 1 is 1.03 bits per heavy atom. The molecule has 1 aromatic heterocycles. The number of nitrogens with zero attached hydrogens (tertiary/aromatic N) is 3. The first-order valence-electron chi connectivity index (χ1n) is 11.6. The molecule has 0 atom stereocenters. The van der Waals surface area contributed by atoms with Gasteiger partial charge in [0, 0.05) is 37.3 Å². The molecule has 1 aliphatic heterocycles. The molecule has 1 saturated carbocycles. The highest BCUT2D eigenvalue weighted by atomic mass is 32.1. The number of thiazole rings is 1. The molecule has 0 bridgehead atoms. The van der Waals surface area contributed by atoms with Crippen molar-refractivity contribution < 1.29 is 15.0 Å². The Labute approximate surface area is 203 Å². The molecule has 2 fully saturated rings. The van der Waals surface area contributed by atoms with Crippen molar-refractivity contribution in [2.45, 2.75) is 30.9 Å². The summed E-state index contributed by atoms with van der Waals surface area (Å²) in [7, 11) is 0. The van der Waals surface area contributed by atoms with E-state index in [1.807, 2.05) is 30.0 Å². The van der Waals surface area contributed by atoms with Gasteiger partial charge in [0.15, 0.2) is 5.13 Å². The van der Waals surface area contributed by atoms with Gasteiger partial charge >= 0.3 is 5.97 Å². The second-order valence-corrected chi connectivity index (χ2v) is 10.8. The zero-order valence-corrected chi connectivity index (χ0v) is 20.1. The zero-order chi connectivity index (χ0) is 23.9. The highest BCUT2D eigenvalue weighted by Gasteiger charge is 2.49. The maximum Gasteiger partial charge on any atom is 0.317 e. The van der Waals surface area contributed by atoms with Gasteiger partial charge in [0.2, 0.25) is 0 Å². The minimum Gasteiger partial charge on any atom is -0.480 e. The molecule has 7 nitrogen and oxygen atoms in total. The standard InChI is InChI=1S/C26H30N4O3S/c1-25(33)16-26(27,17-25)20-9-7-18(8-10-20)22-23(19-5-3-2-4-6-19)34-24(28-22)30-13-11-29(12-14-30)15-21(31)32/h2-10,33H,11-17,27H2,1H3,(H,31,32). The van der Waals surface area contributed by atoms with E-state index < -0.39 is 17.1 Å². The van der Waals surface area contributed by atoms with E-state index in [0.29, 0.717) is 25.9 Å². The van der Waals surface area contributed by atoms with Gasteiger partial charge in [-0.25, -0.2) is 4.98 Å². The van der Waals surface area contributed by atoms with E-state index in [4.69, 9.17) is 15.8 Å². The predicted octanol–water partition coefficient (Wildman–Crippen LogP) is 3.38. The van der Waals surface area contributed by atoms with E-state index in [2.05, 4.69) is 41.3 Å². The Morgan fingerprint density at radius 3 is 2.26 bits per heavy atom. The normalized spacial score (nSPS) is 25.2. The first kappa shape index (κ1) is 23.0. The highest BCUT2D eigenvalue weighted by Crippen LogP contribution is 2.47. The van der Waals surface area contributed by atoms with Crippen LogP contribution in [0.1, 0.15) is 25.3 Å². The molecule has 8 heteroatoms. The first-order chi connectivity index (χ1) is 16.2. The molecule has 0 radical (unpaired) electrons. The van der Waals surface area contributed by atoms with Crippen LogP contribution in [0.4, 0.5) is 5.13 Å². The van der Waals surface area contributed by atoms with Crippen molar-refractivity contribution in [3.63, 3.8) is 0 Å². The Balaban J connectivity index is 1.43. The Hall–Kier alpha value is -2.78. The average Bonchev–Trinajstić information content (AvgIpc) is 3.24. The SMILES string of the molecule is CC1(O)CC(N)(c2ccc(-c3nc(N4CCN(CC(=O)O)CC4)sc3-c3ccccc3)cc2)C1. The van der Waals surface area contributed by atoms with Crippen molar-refractivity contribution in [2.24, 2.45) is 5.73 Å². The summed E-state index contributed by atoms with van der Waals surface area (Å²) in [6.45, 7) is 4.83. The molecule has 0 spiro atoms. The molecule has 2 aliphatic rings. The summed E-state index contributed by atoms with van der Waals surface area (Å²) in [4.78, 5) is 21.4. The van der Waals surface area contributed by atoms with Gasteiger partial charge in [-0.15, -0.1) is 0 Å². The molecule has 2 aromatic carbocycles. The number of aromatic nitrogens is 1. The minimum absolute atomic E-state index is 0.0800. The second kappa shape index (κ2) is 8.78. The second-order valence-electron chi connectivity index (χ2n) is 9.78. The van der Waals surface area contributed by atoms with Crippen LogP contribution in [-0.4, -0.2) is 64.4 Å². The smallest absolute Gasteiger partial charge is 0.317 e. The summed E-state index contributed by atoms with van der Waals surface area (Å²) >= 11 is 1.68. The van der Waals surface area contributed by atoms with Crippen LogP contribution in [0.2, 0.25) is 0 Å². The maximum atomic E-state index is 11.0. The number of hydrogen-bond acceptors (Lipinski definition) is 7. The molecule has 0 amide bonds. The number of carboxylic acid groups (broad SMARTS) is 1. The lowest BCUT2D eigenvalue weighted by molar-refractivity contribution is -0.138. The Bertz CT molecular complexity index is 1160. The van der Waals surface area contributed by atoms with Gasteiger partial charge in [0.05, 0.1) is 22.7 Å². The van der Waals surface area contributed by atoms with Crippen molar-refractivity contribution in [3.05, 3.63) is 60.2 Å². The van der Waals surface area contributed by atoms with E-state index in [1.165, 1.54) is 0 Å². The fourth-order valence-corrected chi connectivity index (χ4v) is 6.33. The van der Waals surface area contributed by atoms with Gasteiger partial charge in [-0.1, -0.05) is 65.9 Å². The first-order valence-corrected chi connectivity index (χ1v) is 12.4. The molecule has 1 aliphatic carbocycles. The quantitative estimate of drug-likeness (QED) is 0.499. The molecule has 178 valence electrons. The minimum atomic E-state index is -0.787. The van der Waals surface area contributed by atoms with Crippen LogP contribution in [0, 0.1) is 0 Å². The van der Waals surface area contributed by atoms with Crippen molar-refractivity contribution in [1.82, 2.24) is 9.88 Å². The number of rotatable bonds is 6. The van der Waals surface area contributed by atoms with Gasteiger partial charge in [-0.2, -0.15) is 0 Å². The predicted molar refractivity (Wildman–Crippen MR) is 135 cm³/mol. The summed E-state index contributed by atoms with van der Waals surface area (Å²) in [6.07, 6.45) is 1.12. The largest absolute Gasteiger partial charge is 0.480 e. The lowest BCUT2D eigenvalue weighted by Gasteiger charge is -2.49. The van der Waals surface area contributed by atoms with Crippen LogP contribution in [0.3, 0.4) is 0 Å². The molecule has 0 unspecified atom stereocenters.